The molecule has 1 aliphatic carbocycles. The van der Waals surface area contributed by atoms with Crippen molar-refractivity contribution >= 4 is 0 Å². The summed E-state index contributed by atoms with van der Waals surface area (Å²) in [7, 11) is 0. The highest BCUT2D eigenvalue weighted by Gasteiger charge is 2.18. The number of hydrogen-bond donors (Lipinski definition) is 2. The Bertz CT molecular complexity index is 866. The Labute approximate surface area is 160 Å². The summed E-state index contributed by atoms with van der Waals surface area (Å²) in [5, 5.41) is 10.9. The minimum absolute atomic E-state index is 0.320. The van der Waals surface area contributed by atoms with E-state index in [4.69, 9.17) is 4.74 Å². The van der Waals surface area contributed by atoms with Crippen molar-refractivity contribution in [2.24, 2.45) is 0 Å². The summed E-state index contributed by atoms with van der Waals surface area (Å²) in [5.74, 6) is 0.767. The number of aromatic nitrogens is 3. The van der Waals surface area contributed by atoms with Crippen LogP contribution in [0.4, 0.5) is 0 Å². The molecule has 0 radical (unpaired) electrons. The molecule has 0 saturated heterocycles. The largest absolute Gasteiger partial charge is 0.474 e. The number of hydrogen-bond acceptors (Lipinski definition) is 4. The molecule has 3 aromatic rings. The molecule has 2 aromatic heterocycles. The van der Waals surface area contributed by atoms with Crippen LogP contribution in [-0.2, 0) is 13.1 Å². The van der Waals surface area contributed by atoms with Gasteiger partial charge in [0, 0.05) is 30.4 Å². The highest BCUT2D eigenvalue weighted by molar-refractivity contribution is 5.62. The van der Waals surface area contributed by atoms with Gasteiger partial charge in [0.2, 0.25) is 5.88 Å². The molecular formula is C22H26N4O. The molecular weight excluding hydrogens is 336 g/mol. The van der Waals surface area contributed by atoms with Crippen molar-refractivity contribution in [3.05, 3.63) is 65.5 Å². The van der Waals surface area contributed by atoms with Crippen LogP contribution in [0.2, 0.25) is 0 Å². The molecule has 0 atom stereocenters. The molecule has 140 valence electrons. The number of aromatic amines is 1. The second kappa shape index (κ2) is 8.35. The summed E-state index contributed by atoms with van der Waals surface area (Å²) in [6, 6.07) is 12.5. The Morgan fingerprint density at radius 3 is 2.67 bits per heavy atom. The van der Waals surface area contributed by atoms with Gasteiger partial charge in [-0.1, -0.05) is 35.9 Å². The SMILES string of the molecule is Cc1ccc(-c2[nH]ncc2CNCc2cccnc2OC2CCCC2)cc1. The van der Waals surface area contributed by atoms with E-state index in [0.29, 0.717) is 12.6 Å². The van der Waals surface area contributed by atoms with E-state index in [1.165, 1.54) is 18.4 Å². The maximum Gasteiger partial charge on any atom is 0.218 e. The molecule has 0 aliphatic heterocycles. The van der Waals surface area contributed by atoms with Gasteiger partial charge in [0.1, 0.15) is 6.10 Å². The summed E-state index contributed by atoms with van der Waals surface area (Å²) < 4.78 is 6.13. The summed E-state index contributed by atoms with van der Waals surface area (Å²) in [6.07, 6.45) is 8.80. The molecule has 1 saturated carbocycles. The monoisotopic (exact) mass is 362 g/mol. The first-order valence-electron chi connectivity index (χ1n) is 9.70. The number of pyridine rings is 1. The lowest BCUT2D eigenvalue weighted by atomic mass is 10.1. The molecule has 1 aromatic carbocycles. The molecule has 1 aliphatic rings. The number of nitrogens with zero attached hydrogens (tertiary/aromatic N) is 2. The number of rotatable bonds is 7. The predicted octanol–water partition coefficient (Wildman–Crippen LogP) is 4.39. The molecule has 2 heterocycles. The van der Waals surface area contributed by atoms with E-state index in [2.05, 4.69) is 57.8 Å². The number of benzene rings is 1. The highest BCUT2D eigenvalue weighted by atomic mass is 16.5. The van der Waals surface area contributed by atoms with Gasteiger partial charge < -0.3 is 10.1 Å². The van der Waals surface area contributed by atoms with Crippen LogP contribution in [0.1, 0.15) is 42.4 Å². The third kappa shape index (κ3) is 4.37. The molecule has 2 N–H and O–H groups in total. The van der Waals surface area contributed by atoms with Crippen molar-refractivity contribution < 1.29 is 4.74 Å². The summed E-state index contributed by atoms with van der Waals surface area (Å²) in [4.78, 5) is 4.45. The van der Waals surface area contributed by atoms with Gasteiger partial charge in [0.25, 0.3) is 0 Å². The summed E-state index contributed by atoms with van der Waals surface area (Å²) in [5.41, 5.74) is 5.73. The van der Waals surface area contributed by atoms with Crippen LogP contribution in [-0.4, -0.2) is 21.3 Å². The lowest BCUT2D eigenvalue weighted by molar-refractivity contribution is 0.199. The molecule has 0 bridgehead atoms. The average molecular weight is 362 g/mol. The van der Waals surface area contributed by atoms with Gasteiger partial charge in [0.15, 0.2) is 0 Å². The number of aryl methyl sites for hydroxylation is 1. The molecule has 4 rings (SSSR count). The van der Waals surface area contributed by atoms with Crippen molar-refractivity contribution in [1.82, 2.24) is 20.5 Å². The second-order valence-corrected chi connectivity index (χ2v) is 7.23. The Kier molecular flexibility index (Phi) is 5.49. The minimum atomic E-state index is 0.320. The van der Waals surface area contributed by atoms with Gasteiger partial charge in [-0.2, -0.15) is 5.10 Å². The molecule has 0 unspecified atom stereocenters. The van der Waals surface area contributed by atoms with Crippen LogP contribution in [0.3, 0.4) is 0 Å². The van der Waals surface area contributed by atoms with Crippen LogP contribution in [0.15, 0.2) is 48.8 Å². The summed E-state index contributed by atoms with van der Waals surface area (Å²) >= 11 is 0. The Hall–Kier alpha value is -2.66. The van der Waals surface area contributed by atoms with Gasteiger partial charge in [-0.25, -0.2) is 4.98 Å². The molecule has 5 nitrogen and oxygen atoms in total. The van der Waals surface area contributed by atoms with Crippen LogP contribution >= 0.6 is 0 Å². The minimum Gasteiger partial charge on any atom is -0.474 e. The fraction of sp³-hybridized carbons (Fsp3) is 0.364. The average Bonchev–Trinajstić information content (AvgIpc) is 3.36. The van der Waals surface area contributed by atoms with Crippen molar-refractivity contribution in [3.63, 3.8) is 0 Å². The normalized spacial score (nSPS) is 14.6. The molecule has 0 spiro atoms. The Balaban J connectivity index is 1.39. The fourth-order valence-corrected chi connectivity index (χ4v) is 3.58. The topological polar surface area (TPSA) is 62.8 Å². The molecule has 27 heavy (non-hydrogen) atoms. The first-order chi connectivity index (χ1) is 13.3. The van der Waals surface area contributed by atoms with Gasteiger partial charge in [0.05, 0.1) is 11.9 Å². The highest BCUT2D eigenvalue weighted by Crippen LogP contribution is 2.25. The first-order valence-corrected chi connectivity index (χ1v) is 9.70. The zero-order valence-corrected chi connectivity index (χ0v) is 15.7. The van der Waals surface area contributed by atoms with E-state index in [1.54, 1.807) is 6.20 Å². The number of ether oxygens (including phenoxy) is 1. The smallest absolute Gasteiger partial charge is 0.218 e. The van der Waals surface area contributed by atoms with Crippen LogP contribution in [0, 0.1) is 6.92 Å². The third-order valence-corrected chi connectivity index (χ3v) is 5.12. The quantitative estimate of drug-likeness (QED) is 0.654. The van der Waals surface area contributed by atoms with Gasteiger partial charge in [-0.15, -0.1) is 0 Å². The predicted molar refractivity (Wildman–Crippen MR) is 106 cm³/mol. The second-order valence-electron chi connectivity index (χ2n) is 7.23. The molecule has 0 amide bonds. The van der Waals surface area contributed by atoms with Gasteiger partial charge >= 0.3 is 0 Å². The van der Waals surface area contributed by atoms with E-state index in [0.717, 1.165) is 47.7 Å². The maximum absolute atomic E-state index is 6.13. The zero-order chi connectivity index (χ0) is 18.5. The van der Waals surface area contributed by atoms with E-state index >= 15 is 0 Å². The molecule has 5 heteroatoms. The lowest BCUT2D eigenvalue weighted by Gasteiger charge is -2.15. The van der Waals surface area contributed by atoms with E-state index < -0.39 is 0 Å². The third-order valence-electron chi connectivity index (χ3n) is 5.12. The maximum atomic E-state index is 6.13. The van der Waals surface area contributed by atoms with E-state index in [1.807, 2.05) is 12.3 Å². The van der Waals surface area contributed by atoms with Crippen LogP contribution in [0.25, 0.3) is 11.3 Å². The standard InChI is InChI=1S/C22H26N4O/c1-16-8-10-17(11-9-16)21-19(15-25-26-21)14-23-13-18-5-4-12-24-22(18)27-20-6-2-3-7-20/h4-5,8-12,15,20,23H,2-3,6-7,13-14H2,1H3,(H,25,26). The van der Waals surface area contributed by atoms with Crippen molar-refractivity contribution in [2.75, 3.05) is 0 Å². The lowest BCUT2D eigenvalue weighted by Crippen LogP contribution is -2.17. The van der Waals surface area contributed by atoms with Crippen LogP contribution in [0.5, 0.6) is 5.88 Å². The molecule has 1 fully saturated rings. The van der Waals surface area contributed by atoms with Crippen molar-refractivity contribution in [2.45, 2.75) is 51.8 Å². The van der Waals surface area contributed by atoms with E-state index in [9.17, 15) is 0 Å². The van der Waals surface area contributed by atoms with Crippen molar-refractivity contribution in [1.29, 1.82) is 0 Å². The van der Waals surface area contributed by atoms with Crippen molar-refractivity contribution in [3.8, 4) is 17.1 Å². The Morgan fingerprint density at radius 1 is 1.07 bits per heavy atom. The summed E-state index contributed by atoms with van der Waals surface area (Å²) in [6.45, 7) is 3.55. The fourth-order valence-electron chi connectivity index (χ4n) is 3.58. The Morgan fingerprint density at radius 2 is 1.85 bits per heavy atom. The first kappa shape index (κ1) is 17.7. The van der Waals surface area contributed by atoms with Crippen LogP contribution < -0.4 is 10.1 Å². The van der Waals surface area contributed by atoms with E-state index in [-0.39, 0.29) is 0 Å². The number of nitrogens with one attached hydrogen (secondary N) is 2. The van der Waals surface area contributed by atoms with Gasteiger partial charge in [-0.3, -0.25) is 5.10 Å². The van der Waals surface area contributed by atoms with Gasteiger partial charge in [-0.05, 0) is 44.2 Å². The zero-order valence-electron chi connectivity index (χ0n) is 15.7. The number of H-pyrrole nitrogens is 1.